The van der Waals surface area contributed by atoms with Crippen LogP contribution in [-0.4, -0.2) is 22.0 Å². The predicted molar refractivity (Wildman–Crippen MR) is 95.1 cm³/mol. The molecule has 0 aliphatic carbocycles. The van der Waals surface area contributed by atoms with Gasteiger partial charge in [-0.15, -0.1) is 10.2 Å². The Labute approximate surface area is 148 Å². The van der Waals surface area contributed by atoms with Gasteiger partial charge in [0, 0.05) is 17.2 Å². The summed E-state index contributed by atoms with van der Waals surface area (Å²) in [4.78, 5) is 24.1. The van der Waals surface area contributed by atoms with Gasteiger partial charge in [-0.1, -0.05) is 25.2 Å². The van der Waals surface area contributed by atoms with E-state index in [0.29, 0.717) is 16.4 Å². The van der Waals surface area contributed by atoms with E-state index in [-0.39, 0.29) is 23.5 Å². The van der Waals surface area contributed by atoms with E-state index in [0.717, 1.165) is 5.01 Å². The van der Waals surface area contributed by atoms with Crippen LogP contribution in [0.15, 0.2) is 47.1 Å². The standard InChI is InChI=1S/C17H16N4O3S/c1-10(2)16-20-21-17(25-16)19-14(22)11-5-7-12(8-6-11)18-15(23)13-4-3-9-24-13/h3-10H,1-2H3,(H,18,23)(H,19,21,22). The maximum atomic E-state index is 12.2. The van der Waals surface area contributed by atoms with Gasteiger partial charge in [-0.3, -0.25) is 14.9 Å². The molecular formula is C17H16N4O3S. The summed E-state index contributed by atoms with van der Waals surface area (Å²) < 4.78 is 5.03. The molecule has 0 unspecified atom stereocenters. The summed E-state index contributed by atoms with van der Waals surface area (Å²) in [7, 11) is 0. The lowest BCUT2D eigenvalue weighted by molar-refractivity contribution is 0.0995. The third-order valence-electron chi connectivity index (χ3n) is 3.30. The van der Waals surface area contributed by atoms with Gasteiger partial charge < -0.3 is 9.73 Å². The number of hydrogen-bond donors (Lipinski definition) is 2. The number of rotatable bonds is 5. The lowest BCUT2D eigenvalue weighted by Gasteiger charge is -2.05. The molecule has 0 fully saturated rings. The van der Waals surface area contributed by atoms with Gasteiger partial charge in [0.1, 0.15) is 5.01 Å². The number of hydrogen-bond acceptors (Lipinski definition) is 6. The molecule has 0 saturated heterocycles. The summed E-state index contributed by atoms with van der Waals surface area (Å²) in [6.45, 7) is 4.03. The Kier molecular flexibility index (Phi) is 4.90. The SMILES string of the molecule is CC(C)c1nnc(NC(=O)c2ccc(NC(=O)c3ccco3)cc2)s1. The molecule has 7 nitrogen and oxygen atoms in total. The zero-order chi connectivity index (χ0) is 17.8. The number of carbonyl (C=O) groups excluding carboxylic acids is 2. The molecule has 0 radical (unpaired) electrons. The quantitative estimate of drug-likeness (QED) is 0.725. The summed E-state index contributed by atoms with van der Waals surface area (Å²) in [5, 5.41) is 14.7. The molecule has 2 heterocycles. The Balaban J connectivity index is 1.63. The number of furan rings is 1. The summed E-state index contributed by atoms with van der Waals surface area (Å²) in [6, 6.07) is 9.75. The molecule has 1 aromatic carbocycles. The molecule has 128 valence electrons. The van der Waals surface area contributed by atoms with Crippen molar-refractivity contribution in [2.75, 3.05) is 10.6 Å². The zero-order valence-corrected chi connectivity index (χ0v) is 14.5. The van der Waals surface area contributed by atoms with Crippen LogP contribution >= 0.6 is 11.3 Å². The Morgan fingerprint density at radius 2 is 1.80 bits per heavy atom. The lowest BCUT2D eigenvalue weighted by atomic mass is 10.2. The number of nitrogens with one attached hydrogen (secondary N) is 2. The Hall–Kier alpha value is -3.00. The maximum absolute atomic E-state index is 12.2. The van der Waals surface area contributed by atoms with Gasteiger partial charge >= 0.3 is 0 Å². The molecule has 0 aliphatic heterocycles. The third kappa shape index (κ3) is 4.10. The molecule has 2 aromatic heterocycles. The smallest absolute Gasteiger partial charge is 0.291 e. The molecule has 0 atom stereocenters. The van der Waals surface area contributed by atoms with Gasteiger partial charge in [-0.05, 0) is 36.4 Å². The third-order valence-corrected chi connectivity index (χ3v) is 4.44. The topological polar surface area (TPSA) is 97.1 Å². The number of anilines is 2. The highest BCUT2D eigenvalue weighted by molar-refractivity contribution is 7.15. The number of nitrogens with zero attached hydrogens (tertiary/aromatic N) is 2. The van der Waals surface area contributed by atoms with E-state index in [4.69, 9.17) is 4.42 Å². The fraction of sp³-hybridized carbons (Fsp3) is 0.176. The average Bonchev–Trinajstić information content (AvgIpc) is 3.27. The number of benzene rings is 1. The van der Waals surface area contributed by atoms with Crippen molar-refractivity contribution >= 4 is 34.0 Å². The van der Waals surface area contributed by atoms with E-state index in [1.165, 1.54) is 17.6 Å². The van der Waals surface area contributed by atoms with Crippen LogP contribution in [0.25, 0.3) is 0 Å². The van der Waals surface area contributed by atoms with Crippen LogP contribution in [0.1, 0.15) is 45.7 Å². The Morgan fingerprint density at radius 1 is 1.04 bits per heavy atom. The van der Waals surface area contributed by atoms with Gasteiger partial charge in [0.05, 0.1) is 6.26 Å². The largest absolute Gasteiger partial charge is 0.459 e. The van der Waals surface area contributed by atoms with E-state index in [1.54, 1.807) is 36.4 Å². The predicted octanol–water partition coefficient (Wildman–Crippen LogP) is 3.76. The van der Waals surface area contributed by atoms with Crippen LogP contribution < -0.4 is 10.6 Å². The first-order valence-electron chi connectivity index (χ1n) is 7.62. The molecule has 0 aliphatic rings. The van der Waals surface area contributed by atoms with Crippen LogP contribution in [0.5, 0.6) is 0 Å². The van der Waals surface area contributed by atoms with Crippen LogP contribution in [-0.2, 0) is 0 Å². The second-order valence-corrected chi connectivity index (χ2v) is 6.57. The Morgan fingerprint density at radius 3 is 2.40 bits per heavy atom. The van der Waals surface area contributed by atoms with Gasteiger partial charge in [0.2, 0.25) is 5.13 Å². The minimum absolute atomic E-state index is 0.221. The van der Waals surface area contributed by atoms with E-state index in [9.17, 15) is 9.59 Å². The monoisotopic (exact) mass is 356 g/mol. The van der Waals surface area contributed by atoms with E-state index in [1.807, 2.05) is 13.8 Å². The highest BCUT2D eigenvalue weighted by Crippen LogP contribution is 2.23. The molecule has 2 amide bonds. The summed E-state index contributed by atoms with van der Waals surface area (Å²) in [5.74, 6) is -0.146. The van der Waals surface area contributed by atoms with E-state index < -0.39 is 0 Å². The molecule has 0 spiro atoms. The van der Waals surface area contributed by atoms with E-state index in [2.05, 4.69) is 20.8 Å². The molecule has 3 rings (SSSR count). The summed E-state index contributed by atoms with van der Waals surface area (Å²) in [6.07, 6.45) is 1.43. The van der Waals surface area contributed by atoms with Crippen molar-refractivity contribution in [2.45, 2.75) is 19.8 Å². The van der Waals surface area contributed by atoms with Crippen molar-refractivity contribution in [3.05, 3.63) is 59.0 Å². The van der Waals surface area contributed by atoms with Crippen molar-refractivity contribution in [1.29, 1.82) is 0 Å². The second kappa shape index (κ2) is 7.27. The van der Waals surface area contributed by atoms with Crippen molar-refractivity contribution < 1.29 is 14.0 Å². The van der Waals surface area contributed by atoms with Gasteiger partial charge in [-0.25, -0.2) is 0 Å². The van der Waals surface area contributed by atoms with Crippen LogP contribution in [0.4, 0.5) is 10.8 Å². The fourth-order valence-electron chi connectivity index (χ4n) is 1.99. The zero-order valence-electron chi connectivity index (χ0n) is 13.6. The van der Waals surface area contributed by atoms with Gasteiger partial charge in [-0.2, -0.15) is 0 Å². The van der Waals surface area contributed by atoms with Crippen LogP contribution in [0.2, 0.25) is 0 Å². The Bertz CT molecular complexity index is 870. The van der Waals surface area contributed by atoms with Crippen molar-refractivity contribution in [3.63, 3.8) is 0 Å². The molecule has 25 heavy (non-hydrogen) atoms. The van der Waals surface area contributed by atoms with Crippen molar-refractivity contribution in [3.8, 4) is 0 Å². The fourth-order valence-corrected chi connectivity index (χ4v) is 2.73. The first-order chi connectivity index (χ1) is 12.0. The number of carbonyl (C=O) groups is 2. The number of aromatic nitrogens is 2. The van der Waals surface area contributed by atoms with Gasteiger partial charge in [0.25, 0.3) is 11.8 Å². The molecule has 0 bridgehead atoms. The van der Waals surface area contributed by atoms with E-state index >= 15 is 0 Å². The minimum atomic E-state index is -0.350. The summed E-state index contributed by atoms with van der Waals surface area (Å²) in [5.41, 5.74) is 1.02. The van der Waals surface area contributed by atoms with Crippen LogP contribution in [0.3, 0.4) is 0 Å². The minimum Gasteiger partial charge on any atom is -0.459 e. The maximum Gasteiger partial charge on any atom is 0.291 e. The molecular weight excluding hydrogens is 340 g/mol. The summed E-state index contributed by atoms with van der Waals surface area (Å²) >= 11 is 1.35. The highest BCUT2D eigenvalue weighted by atomic mass is 32.1. The van der Waals surface area contributed by atoms with Crippen LogP contribution in [0, 0.1) is 0 Å². The first-order valence-corrected chi connectivity index (χ1v) is 8.44. The van der Waals surface area contributed by atoms with Crippen molar-refractivity contribution in [1.82, 2.24) is 10.2 Å². The average molecular weight is 356 g/mol. The van der Waals surface area contributed by atoms with Gasteiger partial charge in [0.15, 0.2) is 5.76 Å². The lowest BCUT2D eigenvalue weighted by Crippen LogP contribution is -2.13. The molecule has 3 aromatic rings. The highest BCUT2D eigenvalue weighted by Gasteiger charge is 2.13. The molecule has 2 N–H and O–H groups in total. The molecule has 0 saturated carbocycles. The normalized spacial score (nSPS) is 10.7. The van der Waals surface area contributed by atoms with Crippen molar-refractivity contribution in [2.24, 2.45) is 0 Å². The molecule has 8 heteroatoms. The number of amides is 2. The first kappa shape index (κ1) is 16.8. The second-order valence-electron chi connectivity index (χ2n) is 5.56.